The van der Waals surface area contributed by atoms with Gasteiger partial charge in [-0.15, -0.1) is 0 Å². The molecule has 0 aliphatic carbocycles. The molecular formula is C32H34N2O7S2. The summed E-state index contributed by atoms with van der Waals surface area (Å²) in [4.78, 5) is 12.8. The van der Waals surface area contributed by atoms with E-state index in [2.05, 4.69) is 41.5 Å². The molecule has 9 nitrogen and oxygen atoms in total. The SMILES string of the molecule is CC1(C)C2=C3C=C4c5sc6ccc(OCCCCCC(=O)O)cc6[n+]5CCC4OC3CCN2c2ccc(S(=O)(=O)[O-])cc21. The van der Waals surface area contributed by atoms with Crippen LogP contribution >= 0.6 is 11.3 Å². The Morgan fingerprint density at radius 3 is 2.79 bits per heavy atom. The Morgan fingerprint density at radius 2 is 2.00 bits per heavy atom. The maximum absolute atomic E-state index is 11.8. The first-order valence-electron chi connectivity index (χ1n) is 14.8. The lowest BCUT2D eigenvalue weighted by molar-refractivity contribution is -0.674. The van der Waals surface area contributed by atoms with Crippen LogP contribution in [0.25, 0.3) is 15.8 Å². The van der Waals surface area contributed by atoms with Crippen LogP contribution in [0.3, 0.4) is 0 Å². The van der Waals surface area contributed by atoms with E-state index in [1.165, 1.54) is 21.3 Å². The van der Waals surface area contributed by atoms with E-state index in [-0.39, 0.29) is 23.5 Å². The van der Waals surface area contributed by atoms with Crippen LogP contribution in [0.15, 0.2) is 58.6 Å². The van der Waals surface area contributed by atoms with Gasteiger partial charge in [-0.3, -0.25) is 4.79 Å². The molecule has 1 aromatic heterocycles. The quantitative estimate of drug-likeness (QED) is 0.209. The molecule has 7 rings (SSSR count). The normalized spacial score (nSPS) is 21.9. The zero-order valence-electron chi connectivity index (χ0n) is 24.2. The minimum absolute atomic E-state index is 0.0135. The number of carboxylic acids is 1. The summed E-state index contributed by atoms with van der Waals surface area (Å²) in [5.74, 6) is 0.0523. The molecule has 5 heterocycles. The van der Waals surface area contributed by atoms with Crippen LogP contribution < -0.4 is 14.2 Å². The second-order valence-electron chi connectivity index (χ2n) is 12.2. The maximum Gasteiger partial charge on any atom is 0.303 e. The molecule has 0 saturated heterocycles. The topological polar surface area (TPSA) is 120 Å². The molecule has 226 valence electrons. The van der Waals surface area contributed by atoms with E-state index >= 15 is 0 Å². The highest BCUT2D eigenvalue weighted by molar-refractivity contribution is 7.85. The second-order valence-corrected chi connectivity index (χ2v) is 14.7. The van der Waals surface area contributed by atoms with E-state index in [1.807, 2.05) is 6.07 Å². The lowest BCUT2D eigenvalue weighted by Gasteiger charge is -2.41. The summed E-state index contributed by atoms with van der Waals surface area (Å²) < 4.78 is 51.8. The summed E-state index contributed by atoms with van der Waals surface area (Å²) in [6.07, 6.45) is 6.49. The molecule has 2 atom stereocenters. The second kappa shape index (κ2) is 10.4. The number of ether oxygens (including phenoxy) is 2. The zero-order chi connectivity index (χ0) is 30.1. The van der Waals surface area contributed by atoms with E-state index in [0.29, 0.717) is 13.0 Å². The number of hydrogen-bond acceptors (Lipinski definition) is 8. The first-order valence-corrected chi connectivity index (χ1v) is 17.1. The predicted molar refractivity (Wildman–Crippen MR) is 161 cm³/mol. The molecule has 0 radical (unpaired) electrons. The van der Waals surface area contributed by atoms with Crippen LogP contribution in [0.1, 0.15) is 62.9 Å². The molecule has 2 aromatic carbocycles. The number of aryl methyl sites for hydroxylation is 1. The van der Waals surface area contributed by atoms with Crippen molar-refractivity contribution in [3.05, 3.63) is 64.3 Å². The van der Waals surface area contributed by atoms with Gasteiger partial charge < -0.3 is 24.0 Å². The third-order valence-electron chi connectivity index (χ3n) is 9.14. The first-order chi connectivity index (χ1) is 20.5. The summed E-state index contributed by atoms with van der Waals surface area (Å²) in [6.45, 7) is 6.36. The molecule has 0 saturated carbocycles. The van der Waals surface area contributed by atoms with Crippen molar-refractivity contribution in [3.63, 3.8) is 0 Å². The molecule has 0 fully saturated rings. The van der Waals surface area contributed by atoms with Crippen LogP contribution in [0.5, 0.6) is 5.75 Å². The van der Waals surface area contributed by atoms with Crippen LogP contribution in [-0.4, -0.2) is 49.4 Å². The molecule has 3 aromatic rings. The highest BCUT2D eigenvalue weighted by atomic mass is 32.2. The lowest BCUT2D eigenvalue weighted by Crippen LogP contribution is -2.48. The number of benzene rings is 2. The smallest absolute Gasteiger partial charge is 0.303 e. The number of aliphatic carboxylic acids is 1. The van der Waals surface area contributed by atoms with Gasteiger partial charge in [-0.1, -0.05) is 25.2 Å². The largest absolute Gasteiger partial charge is 0.744 e. The van der Waals surface area contributed by atoms with Gasteiger partial charge in [-0.25, -0.2) is 8.42 Å². The molecule has 0 amide bonds. The lowest BCUT2D eigenvalue weighted by atomic mass is 9.78. The molecule has 11 heteroatoms. The van der Waals surface area contributed by atoms with Gasteiger partial charge in [0.2, 0.25) is 5.52 Å². The zero-order valence-corrected chi connectivity index (χ0v) is 25.8. The van der Waals surface area contributed by atoms with Crippen LogP contribution in [0.4, 0.5) is 5.69 Å². The van der Waals surface area contributed by atoms with Crippen molar-refractivity contribution in [3.8, 4) is 5.75 Å². The summed E-state index contributed by atoms with van der Waals surface area (Å²) in [5, 5.41) is 9.99. The van der Waals surface area contributed by atoms with Gasteiger partial charge >= 0.3 is 5.97 Å². The van der Waals surface area contributed by atoms with Gasteiger partial charge in [0.1, 0.15) is 20.6 Å². The van der Waals surface area contributed by atoms with E-state index < -0.39 is 21.5 Å². The molecule has 0 bridgehead atoms. The van der Waals surface area contributed by atoms with Crippen molar-refractivity contribution in [1.29, 1.82) is 0 Å². The Labute approximate surface area is 254 Å². The third kappa shape index (κ3) is 4.86. The van der Waals surface area contributed by atoms with E-state index in [1.54, 1.807) is 23.5 Å². The van der Waals surface area contributed by atoms with Crippen molar-refractivity contribution >= 4 is 48.9 Å². The Balaban J connectivity index is 1.22. The minimum Gasteiger partial charge on any atom is -0.744 e. The van der Waals surface area contributed by atoms with E-state index in [9.17, 15) is 17.8 Å². The average molecular weight is 623 g/mol. The van der Waals surface area contributed by atoms with Crippen molar-refractivity contribution in [2.45, 2.75) is 81.4 Å². The highest BCUT2D eigenvalue weighted by Gasteiger charge is 2.48. The van der Waals surface area contributed by atoms with Gasteiger partial charge in [0.05, 0.1) is 35.3 Å². The molecule has 4 aliphatic rings. The van der Waals surface area contributed by atoms with Gasteiger partial charge in [0, 0.05) is 41.8 Å². The summed E-state index contributed by atoms with van der Waals surface area (Å²) >= 11 is 1.75. The fourth-order valence-electron chi connectivity index (χ4n) is 7.13. The monoisotopic (exact) mass is 622 g/mol. The van der Waals surface area contributed by atoms with Gasteiger partial charge in [0.15, 0.2) is 6.54 Å². The number of nitrogens with zero attached hydrogens (tertiary/aromatic N) is 2. The highest BCUT2D eigenvalue weighted by Crippen LogP contribution is 2.54. The van der Waals surface area contributed by atoms with Crippen LogP contribution in [0, 0.1) is 0 Å². The van der Waals surface area contributed by atoms with Crippen LogP contribution in [-0.2, 0) is 31.6 Å². The average Bonchev–Trinajstić information content (AvgIpc) is 3.45. The van der Waals surface area contributed by atoms with Crippen LogP contribution in [0.2, 0.25) is 0 Å². The summed E-state index contributed by atoms with van der Waals surface area (Å²) in [6, 6.07) is 10.9. The van der Waals surface area contributed by atoms with Crippen molar-refractivity contribution in [2.75, 3.05) is 18.1 Å². The number of rotatable bonds is 8. The molecule has 4 aliphatic heterocycles. The van der Waals surface area contributed by atoms with Gasteiger partial charge in [0.25, 0.3) is 5.01 Å². The number of fused-ring (bicyclic) bond motifs is 9. The Hall–Kier alpha value is -3.25. The summed E-state index contributed by atoms with van der Waals surface area (Å²) in [7, 11) is -4.56. The fourth-order valence-corrected chi connectivity index (χ4v) is 8.86. The number of allylic oxidation sites excluding steroid dienone is 1. The number of hydrogen-bond donors (Lipinski definition) is 1. The Bertz CT molecular complexity index is 1820. The van der Waals surface area contributed by atoms with Crippen molar-refractivity contribution in [1.82, 2.24) is 0 Å². The Kier molecular flexibility index (Phi) is 6.92. The molecule has 0 spiro atoms. The number of carboxylic acid groups (broad SMARTS) is 1. The molecule has 2 unspecified atom stereocenters. The molecule has 1 N–H and O–H groups in total. The standard InChI is InChI=1S/C32H34N2O7S2/c1-32(2)23-17-20(43(37,38)39)8-9-24(23)33-13-11-26-21(30(32)33)18-22-27(41-26)12-14-34-25-16-19(7-10-28(25)42-31(22)34)40-15-5-3-4-6-29(35)36/h7-10,16-18,26-27H,3-6,11-15H2,1-2H3,(H-,35,36,37,38,39). The molecular weight excluding hydrogens is 588 g/mol. The summed E-state index contributed by atoms with van der Waals surface area (Å²) in [5.41, 5.74) is 5.85. The number of anilines is 1. The van der Waals surface area contributed by atoms with Crippen molar-refractivity contribution in [2.24, 2.45) is 0 Å². The van der Waals surface area contributed by atoms with Gasteiger partial charge in [-0.2, -0.15) is 4.57 Å². The van der Waals surface area contributed by atoms with Gasteiger partial charge in [-0.05, 0) is 67.7 Å². The van der Waals surface area contributed by atoms with E-state index in [0.717, 1.165) is 72.6 Å². The van der Waals surface area contributed by atoms with E-state index in [4.69, 9.17) is 14.6 Å². The first kappa shape index (κ1) is 28.5. The fraction of sp³-hybridized carbons (Fsp3) is 0.438. The minimum atomic E-state index is -4.56. The Morgan fingerprint density at radius 1 is 1.16 bits per heavy atom. The molecule has 43 heavy (non-hydrogen) atoms. The van der Waals surface area contributed by atoms with Crippen molar-refractivity contribution < 1.29 is 36.9 Å². The predicted octanol–water partition coefficient (Wildman–Crippen LogP) is 5.13. The number of carbonyl (C=O) groups is 1. The number of unbranched alkanes of at least 4 members (excludes halogenated alkanes) is 2. The maximum atomic E-state index is 11.8. The number of thiazole rings is 1. The number of aromatic nitrogens is 1. The third-order valence-corrected chi connectivity index (χ3v) is 11.2.